The van der Waals surface area contributed by atoms with Gasteiger partial charge in [0, 0.05) is 24.4 Å². The number of allylic oxidation sites excluding steroid dienone is 3. The maximum atomic E-state index is 13.5. The van der Waals surface area contributed by atoms with Crippen molar-refractivity contribution in [2.75, 3.05) is 20.4 Å². The van der Waals surface area contributed by atoms with Crippen molar-refractivity contribution >= 4 is 5.78 Å². The summed E-state index contributed by atoms with van der Waals surface area (Å²) in [5.41, 5.74) is 0.532. The number of carbonyl (C=O) groups is 1. The van der Waals surface area contributed by atoms with E-state index in [9.17, 15) is 13.6 Å². The number of likely N-dealkylation sites (N-methyl/N-ethyl adjacent to an activating group) is 1. The number of alkyl halides is 2. The Balaban J connectivity index is 1.83. The molecule has 0 spiro atoms. The van der Waals surface area contributed by atoms with E-state index in [1.165, 1.54) is 32.1 Å². The minimum atomic E-state index is -1.13. The monoisotopic (exact) mass is 323 g/mol. The number of ketones is 1. The van der Waals surface area contributed by atoms with Crippen LogP contribution in [0.15, 0.2) is 23.4 Å². The van der Waals surface area contributed by atoms with Crippen molar-refractivity contribution in [2.45, 2.75) is 57.4 Å². The van der Waals surface area contributed by atoms with Crippen molar-refractivity contribution in [2.24, 2.45) is 11.3 Å². The van der Waals surface area contributed by atoms with Gasteiger partial charge in [0.15, 0.2) is 5.78 Å². The third kappa shape index (κ3) is 2.85. The molecule has 0 N–H and O–H groups in total. The van der Waals surface area contributed by atoms with Crippen LogP contribution in [0.1, 0.15) is 51.4 Å². The number of hydrogen-bond donors (Lipinski definition) is 0. The van der Waals surface area contributed by atoms with E-state index >= 15 is 0 Å². The van der Waals surface area contributed by atoms with Crippen LogP contribution in [0.5, 0.6) is 0 Å². The average Bonchev–Trinajstić information content (AvgIpc) is 2.59. The average molecular weight is 323 g/mol. The molecule has 2 aliphatic carbocycles. The zero-order valence-electron chi connectivity index (χ0n) is 14.0. The standard InChI is InChI=1S/C19H27F2NO/c1-22-16(14-5-3-2-4-6-14)8-7-15-17(22)9-10-19(13-21,11-12-20)18(15)23/h7-8,14,16H,2-6,9-13H2,1H3. The second kappa shape index (κ2) is 6.74. The molecule has 3 aliphatic rings. The largest absolute Gasteiger partial charge is 0.371 e. The predicted molar refractivity (Wildman–Crippen MR) is 87.5 cm³/mol. The molecule has 1 heterocycles. The first-order valence-corrected chi connectivity index (χ1v) is 8.94. The van der Waals surface area contributed by atoms with Crippen molar-refractivity contribution in [3.05, 3.63) is 23.4 Å². The molecule has 23 heavy (non-hydrogen) atoms. The first-order valence-electron chi connectivity index (χ1n) is 8.94. The second-order valence-electron chi connectivity index (χ2n) is 7.40. The molecule has 2 unspecified atom stereocenters. The Morgan fingerprint density at radius 2 is 2.00 bits per heavy atom. The van der Waals surface area contributed by atoms with Crippen LogP contribution in [-0.2, 0) is 4.79 Å². The van der Waals surface area contributed by atoms with Crippen LogP contribution in [0.25, 0.3) is 0 Å². The predicted octanol–water partition coefficient (Wildman–Crippen LogP) is 4.37. The Morgan fingerprint density at radius 3 is 2.65 bits per heavy atom. The van der Waals surface area contributed by atoms with Crippen LogP contribution in [0.2, 0.25) is 0 Å². The van der Waals surface area contributed by atoms with E-state index in [1.54, 1.807) is 0 Å². The minimum Gasteiger partial charge on any atom is -0.371 e. The third-order valence-corrected chi connectivity index (χ3v) is 6.17. The van der Waals surface area contributed by atoms with Gasteiger partial charge in [0.1, 0.15) is 6.67 Å². The fourth-order valence-corrected chi connectivity index (χ4v) is 4.63. The van der Waals surface area contributed by atoms with Gasteiger partial charge in [-0.2, -0.15) is 0 Å². The molecule has 2 nitrogen and oxygen atoms in total. The number of rotatable bonds is 4. The summed E-state index contributed by atoms with van der Waals surface area (Å²) in [6, 6.07) is 0.348. The fourth-order valence-electron chi connectivity index (χ4n) is 4.63. The molecule has 2 atom stereocenters. The first-order chi connectivity index (χ1) is 11.1. The van der Waals surface area contributed by atoms with E-state index < -0.39 is 18.8 Å². The highest BCUT2D eigenvalue weighted by atomic mass is 19.1. The topological polar surface area (TPSA) is 20.3 Å². The molecule has 1 aliphatic heterocycles. The number of hydrogen-bond acceptors (Lipinski definition) is 2. The Morgan fingerprint density at radius 1 is 1.26 bits per heavy atom. The number of halogens is 2. The van der Waals surface area contributed by atoms with E-state index in [0.717, 1.165) is 5.70 Å². The highest BCUT2D eigenvalue weighted by molar-refractivity contribution is 6.04. The molecule has 0 aromatic carbocycles. The molecule has 0 aromatic heterocycles. The van der Waals surface area contributed by atoms with Gasteiger partial charge >= 0.3 is 0 Å². The van der Waals surface area contributed by atoms with Crippen molar-refractivity contribution < 1.29 is 13.6 Å². The van der Waals surface area contributed by atoms with E-state index in [4.69, 9.17) is 0 Å². The van der Waals surface area contributed by atoms with Crippen LogP contribution in [0, 0.1) is 11.3 Å². The van der Waals surface area contributed by atoms with Crippen LogP contribution in [0.4, 0.5) is 8.78 Å². The van der Waals surface area contributed by atoms with E-state index in [1.807, 2.05) is 6.08 Å². The summed E-state index contributed by atoms with van der Waals surface area (Å²) < 4.78 is 26.4. The number of carbonyl (C=O) groups excluding carboxylic acids is 1. The highest BCUT2D eigenvalue weighted by Crippen LogP contribution is 2.44. The second-order valence-corrected chi connectivity index (χ2v) is 7.40. The summed E-state index contributed by atoms with van der Waals surface area (Å²) in [6.07, 6.45) is 11.5. The Kier molecular flexibility index (Phi) is 4.88. The highest BCUT2D eigenvalue weighted by Gasteiger charge is 2.45. The lowest BCUT2D eigenvalue weighted by Gasteiger charge is -2.44. The maximum absolute atomic E-state index is 13.5. The number of Topliss-reactive ketones (excluding diaryl/α,β-unsaturated/α-hetero) is 1. The van der Waals surface area contributed by atoms with E-state index in [-0.39, 0.29) is 12.2 Å². The van der Waals surface area contributed by atoms with Crippen LogP contribution < -0.4 is 0 Å². The summed E-state index contributed by atoms with van der Waals surface area (Å²) in [5, 5.41) is 0. The zero-order valence-corrected chi connectivity index (χ0v) is 14.0. The van der Waals surface area contributed by atoms with Gasteiger partial charge in [-0.3, -0.25) is 9.18 Å². The molecular formula is C19H27F2NO. The van der Waals surface area contributed by atoms with E-state index in [0.29, 0.717) is 30.4 Å². The van der Waals surface area contributed by atoms with Gasteiger partial charge in [0.25, 0.3) is 0 Å². The van der Waals surface area contributed by atoms with Crippen LogP contribution in [0.3, 0.4) is 0 Å². The van der Waals surface area contributed by atoms with Gasteiger partial charge in [-0.25, -0.2) is 4.39 Å². The van der Waals surface area contributed by atoms with Crippen molar-refractivity contribution in [1.29, 1.82) is 0 Å². The van der Waals surface area contributed by atoms with Gasteiger partial charge in [0.2, 0.25) is 0 Å². The van der Waals surface area contributed by atoms with Gasteiger partial charge in [-0.15, -0.1) is 0 Å². The summed E-state index contributed by atoms with van der Waals surface area (Å²) in [5.74, 6) is 0.456. The molecule has 1 fully saturated rings. The van der Waals surface area contributed by atoms with Crippen LogP contribution >= 0.6 is 0 Å². The molecular weight excluding hydrogens is 296 g/mol. The minimum absolute atomic E-state index is 0.00270. The Labute approximate surface area is 137 Å². The third-order valence-electron chi connectivity index (χ3n) is 6.17. The molecule has 0 radical (unpaired) electrons. The number of nitrogens with zero attached hydrogens (tertiary/aromatic N) is 1. The van der Waals surface area contributed by atoms with Crippen molar-refractivity contribution in [3.8, 4) is 0 Å². The summed E-state index contributed by atoms with van der Waals surface area (Å²) >= 11 is 0. The molecule has 4 heteroatoms. The van der Waals surface area contributed by atoms with Crippen molar-refractivity contribution in [3.63, 3.8) is 0 Å². The van der Waals surface area contributed by atoms with E-state index in [2.05, 4.69) is 18.0 Å². The van der Waals surface area contributed by atoms with Gasteiger partial charge in [0.05, 0.1) is 12.1 Å². The summed E-state index contributed by atoms with van der Waals surface area (Å²) in [7, 11) is 2.06. The first kappa shape index (κ1) is 16.7. The SMILES string of the molecule is CN1C2=C(C=CC1C1CCCCC1)C(=O)C(CF)(CCF)CC2. The molecule has 0 bridgehead atoms. The molecule has 0 aromatic rings. The summed E-state index contributed by atoms with van der Waals surface area (Å²) in [6.45, 7) is -1.39. The van der Waals surface area contributed by atoms with Gasteiger partial charge < -0.3 is 4.90 Å². The smallest absolute Gasteiger partial charge is 0.173 e. The lowest BCUT2D eigenvalue weighted by molar-refractivity contribution is -0.127. The molecule has 3 rings (SSSR count). The molecule has 0 amide bonds. The Hall–Kier alpha value is -1.19. The van der Waals surface area contributed by atoms with Gasteiger partial charge in [-0.1, -0.05) is 31.4 Å². The quantitative estimate of drug-likeness (QED) is 0.766. The maximum Gasteiger partial charge on any atom is 0.173 e. The normalized spacial score (nSPS) is 32.4. The van der Waals surface area contributed by atoms with Crippen LogP contribution in [-0.4, -0.2) is 37.1 Å². The lowest BCUT2D eigenvalue weighted by Crippen LogP contribution is -2.45. The fraction of sp³-hybridized carbons (Fsp3) is 0.737. The lowest BCUT2D eigenvalue weighted by atomic mass is 9.69. The molecule has 128 valence electrons. The zero-order chi connectivity index (χ0) is 16.4. The van der Waals surface area contributed by atoms with Crippen molar-refractivity contribution in [1.82, 2.24) is 4.90 Å². The molecule has 1 saturated carbocycles. The van der Waals surface area contributed by atoms with Gasteiger partial charge in [-0.05, 0) is 38.0 Å². The molecule has 0 saturated heterocycles. The summed E-state index contributed by atoms with van der Waals surface area (Å²) in [4.78, 5) is 15.0. The Bertz CT molecular complexity index is 521.